The van der Waals surface area contributed by atoms with Crippen LogP contribution >= 0.6 is 0 Å². The first kappa shape index (κ1) is 12.4. The van der Waals surface area contributed by atoms with Crippen LogP contribution in [0.2, 0.25) is 0 Å². The standard InChI is InChI=1S/C11H14N4O4/c16-2-6-1-8(18)11(19-6)15-5-14-9-7(3-17)12-4-13-10(9)15/h4-6,8,11,16-18H,1-3H2/t6-,8+,11+/m0/s1. The van der Waals surface area contributed by atoms with Crippen LogP contribution in [0.25, 0.3) is 11.2 Å². The summed E-state index contributed by atoms with van der Waals surface area (Å²) in [5, 5.41) is 28.2. The van der Waals surface area contributed by atoms with Gasteiger partial charge >= 0.3 is 0 Å². The van der Waals surface area contributed by atoms with Crippen LogP contribution in [0.15, 0.2) is 12.7 Å². The van der Waals surface area contributed by atoms with Crippen molar-refractivity contribution in [2.75, 3.05) is 6.61 Å². The first-order valence-corrected chi connectivity index (χ1v) is 5.96. The molecule has 1 fully saturated rings. The second kappa shape index (κ2) is 4.82. The summed E-state index contributed by atoms with van der Waals surface area (Å²) in [6, 6.07) is 0. The summed E-state index contributed by atoms with van der Waals surface area (Å²) in [6.45, 7) is -0.375. The van der Waals surface area contributed by atoms with E-state index in [0.29, 0.717) is 23.3 Å². The van der Waals surface area contributed by atoms with Crippen molar-refractivity contribution in [1.82, 2.24) is 19.5 Å². The lowest BCUT2D eigenvalue weighted by molar-refractivity contribution is -0.0486. The Morgan fingerprint density at radius 2 is 2.16 bits per heavy atom. The number of nitrogens with zero attached hydrogens (tertiary/aromatic N) is 4. The maximum atomic E-state index is 9.97. The molecule has 1 saturated heterocycles. The summed E-state index contributed by atoms with van der Waals surface area (Å²) < 4.78 is 7.14. The molecule has 8 nitrogen and oxygen atoms in total. The van der Waals surface area contributed by atoms with Gasteiger partial charge in [-0.3, -0.25) is 4.57 Å². The first-order chi connectivity index (χ1) is 9.24. The van der Waals surface area contributed by atoms with E-state index in [9.17, 15) is 10.2 Å². The molecule has 19 heavy (non-hydrogen) atoms. The molecule has 3 heterocycles. The average Bonchev–Trinajstić information content (AvgIpc) is 3.01. The van der Waals surface area contributed by atoms with Gasteiger partial charge in [-0.15, -0.1) is 0 Å². The Morgan fingerprint density at radius 1 is 1.32 bits per heavy atom. The van der Waals surface area contributed by atoms with Crippen LogP contribution in [0.5, 0.6) is 0 Å². The van der Waals surface area contributed by atoms with Crippen molar-refractivity contribution in [3.05, 3.63) is 18.3 Å². The van der Waals surface area contributed by atoms with Crippen molar-refractivity contribution in [1.29, 1.82) is 0 Å². The number of hydrogen-bond donors (Lipinski definition) is 3. The molecule has 3 atom stereocenters. The lowest BCUT2D eigenvalue weighted by atomic mass is 10.2. The molecular weight excluding hydrogens is 252 g/mol. The van der Waals surface area contributed by atoms with E-state index in [-0.39, 0.29) is 13.2 Å². The van der Waals surface area contributed by atoms with E-state index in [1.54, 1.807) is 4.57 Å². The van der Waals surface area contributed by atoms with E-state index in [0.717, 1.165) is 0 Å². The van der Waals surface area contributed by atoms with Gasteiger partial charge in [0.1, 0.15) is 17.9 Å². The molecule has 0 radical (unpaired) electrons. The van der Waals surface area contributed by atoms with Gasteiger partial charge in [-0.2, -0.15) is 0 Å². The van der Waals surface area contributed by atoms with Crippen molar-refractivity contribution in [3.8, 4) is 0 Å². The van der Waals surface area contributed by atoms with Crippen molar-refractivity contribution in [2.45, 2.75) is 31.5 Å². The number of ether oxygens (including phenoxy) is 1. The number of imidazole rings is 1. The lowest BCUT2D eigenvalue weighted by Crippen LogP contribution is -2.19. The molecule has 0 saturated carbocycles. The zero-order chi connectivity index (χ0) is 13.4. The third-order valence-electron chi connectivity index (χ3n) is 3.23. The molecule has 2 aromatic heterocycles. The number of aliphatic hydroxyl groups excluding tert-OH is 3. The zero-order valence-electron chi connectivity index (χ0n) is 10.0. The minimum absolute atomic E-state index is 0.142. The Morgan fingerprint density at radius 3 is 2.84 bits per heavy atom. The van der Waals surface area contributed by atoms with Gasteiger partial charge in [0.15, 0.2) is 11.9 Å². The summed E-state index contributed by atoms with van der Waals surface area (Å²) >= 11 is 0. The fourth-order valence-corrected chi connectivity index (χ4v) is 2.30. The fraction of sp³-hybridized carbons (Fsp3) is 0.545. The maximum Gasteiger partial charge on any atom is 0.165 e. The third-order valence-corrected chi connectivity index (χ3v) is 3.23. The molecule has 0 unspecified atom stereocenters. The topological polar surface area (TPSA) is 114 Å². The van der Waals surface area contributed by atoms with Gasteiger partial charge in [-0.25, -0.2) is 15.0 Å². The van der Waals surface area contributed by atoms with Gasteiger partial charge < -0.3 is 20.1 Å². The Hall–Kier alpha value is -1.61. The first-order valence-electron chi connectivity index (χ1n) is 5.96. The number of hydrogen-bond acceptors (Lipinski definition) is 7. The smallest absolute Gasteiger partial charge is 0.165 e. The SMILES string of the molecule is OCc1ncnc2c1ncn2[C@@H]1O[C@H](CO)C[C@H]1O. The summed E-state index contributed by atoms with van der Waals surface area (Å²) in [6.07, 6.45) is 1.42. The van der Waals surface area contributed by atoms with Crippen molar-refractivity contribution < 1.29 is 20.1 Å². The van der Waals surface area contributed by atoms with E-state index in [4.69, 9.17) is 9.84 Å². The molecule has 102 valence electrons. The molecule has 0 spiro atoms. The highest BCUT2D eigenvalue weighted by molar-refractivity contribution is 5.73. The van der Waals surface area contributed by atoms with Gasteiger partial charge in [-0.05, 0) is 0 Å². The summed E-state index contributed by atoms with van der Waals surface area (Å²) in [4.78, 5) is 12.2. The molecule has 2 aromatic rings. The molecular formula is C11H14N4O4. The maximum absolute atomic E-state index is 9.97. The van der Waals surface area contributed by atoms with Gasteiger partial charge in [0.2, 0.25) is 0 Å². The van der Waals surface area contributed by atoms with E-state index >= 15 is 0 Å². The number of aromatic nitrogens is 4. The minimum Gasteiger partial charge on any atom is -0.394 e. The van der Waals surface area contributed by atoms with Crippen LogP contribution in [-0.2, 0) is 11.3 Å². The second-order valence-corrected chi connectivity index (χ2v) is 4.44. The van der Waals surface area contributed by atoms with E-state index in [1.165, 1.54) is 12.7 Å². The monoisotopic (exact) mass is 266 g/mol. The average molecular weight is 266 g/mol. The van der Waals surface area contributed by atoms with Crippen LogP contribution in [0.4, 0.5) is 0 Å². The highest BCUT2D eigenvalue weighted by Gasteiger charge is 2.35. The number of rotatable bonds is 3. The largest absolute Gasteiger partial charge is 0.394 e. The predicted molar refractivity (Wildman–Crippen MR) is 62.9 cm³/mol. The molecule has 8 heteroatoms. The summed E-state index contributed by atoms with van der Waals surface area (Å²) in [5.41, 5.74) is 1.39. The molecule has 0 aromatic carbocycles. The third kappa shape index (κ3) is 1.98. The normalized spacial score (nSPS) is 27.2. The van der Waals surface area contributed by atoms with Gasteiger partial charge in [0.05, 0.1) is 31.3 Å². The van der Waals surface area contributed by atoms with Crippen LogP contribution < -0.4 is 0 Å². The highest BCUT2D eigenvalue weighted by Crippen LogP contribution is 2.30. The van der Waals surface area contributed by atoms with Crippen LogP contribution in [0.3, 0.4) is 0 Å². The molecule has 3 N–H and O–H groups in total. The number of aliphatic hydroxyl groups is 3. The van der Waals surface area contributed by atoms with Crippen LogP contribution in [0.1, 0.15) is 18.3 Å². The molecule has 0 bridgehead atoms. The number of fused-ring (bicyclic) bond motifs is 1. The van der Waals surface area contributed by atoms with Crippen molar-refractivity contribution >= 4 is 11.2 Å². The molecule has 0 aliphatic carbocycles. The Kier molecular flexibility index (Phi) is 3.15. The minimum atomic E-state index is -0.734. The van der Waals surface area contributed by atoms with E-state index < -0.39 is 18.4 Å². The summed E-state index contributed by atoms with van der Waals surface area (Å²) in [7, 11) is 0. The van der Waals surface area contributed by atoms with Gasteiger partial charge in [-0.1, -0.05) is 0 Å². The fourth-order valence-electron chi connectivity index (χ4n) is 2.30. The summed E-state index contributed by atoms with van der Waals surface area (Å²) in [5.74, 6) is 0. The Balaban J connectivity index is 2.02. The molecule has 1 aliphatic heterocycles. The van der Waals surface area contributed by atoms with E-state index in [2.05, 4.69) is 15.0 Å². The zero-order valence-corrected chi connectivity index (χ0v) is 10.0. The van der Waals surface area contributed by atoms with Crippen LogP contribution in [-0.4, -0.2) is 53.7 Å². The predicted octanol–water partition coefficient (Wildman–Crippen LogP) is -1.04. The molecule has 1 aliphatic rings. The Labute approximate surface area is 108 Å². The second-order valence-electron chi connectivity index (χ2n) is 4.44. The van der Waals surface area contributed by atoms with Gasteiger partial charge in [0, 0.05) is 6.42 Å². The van der Waals surface area contributed by atoms with Crippen molar-refractivity contribution in [2.24, 2.45) is 0 Å². The lowest BCUT2D eigenvalue weighted by Gasteiger charge is -2.16. The quantitative estimate of drug-likeness (QED) is 0.650. The Bertz CT molecular complexity index is 587. The molecule has 3 rings (SSSR count). The van der Waals surface area contributed by atoms with Gasteiger partial charge in [0.25, 0.3) is 0 Å². The molecule has 0 amide bonds. The van der Waals surface area contributed by atoms with Crippen molar-refractivity contribution in [3.63, 3.8) is 0 Å². The van der Waals surface area contributed by atoms with Crippen LogP contribution in [0, 0.1) is 0 Å². The van der Waals surface area contributed by atoms with E-state index in [1.807, 2.05) is 0 Å². The highest BCUT2D eigenvalue weighted by atomic mass is 16.5.